The van der Waals surface area contributed by atoms with Crippen molar-refractivity contribution in [1.82, 2.24) is 19.6 Å². The summed E-state index contributed by atoms with van der Waals surface area (Å²) in [6, 6.07) is 8.68. The van der Waals surface area contributed by atoms with Gasteiger partial charge < -0.3 is 9.80 Å². The summed E-state index contributed by atoms with van der Waals surface area (Å²) < 4.78 is 16.0. The highest BCUT2D eigenvalue weighted by Gasteiger charge is 2.30. The van der Waals surface area contributed by atoms with Gasteiger partial charge in [-0.05, 0) is 50.0 Å². The second kappa shape index (κ2) is 7.58. The fraction of sp³-hybridized carbons (Fsp3) is 0.500. The number of aromatic nitrogens is 2. The van der Waals surface area contributed by atoms with E-state index in [4.69, 9.17) is 0 Å². The highest BCUT2D eigenvalue weighted by molar-refractivity contribution is 5.79. The summed E-state index contributed by atoms with van der Waals surface area (Å²) in [4.78, 5) is 17.5. The van der Waals surface area contributed by atoms with Crippen molar-refractivity contribution >= 4 is 5.91 Å². The van der Waals surface area contributed by atoms with E-state index in [0.717, 1.165) is 38.3 Å². The molecule has 0 bridgehead atoms. The van der Waals surface area contributed by atoms with Gasteiger partial charge in [-0.15, -0.1) is 0 Å². The van der Waals surface area contributed by atoms with Gasteiger partial charge >= 0.3 is 0 Å². The predicted octanol–water partition coefficient (Wildman–Crippen LogP) is 2.46. The van der Waals surface area contributed by atoms with Gasteiger partial charge in [0.05, 0.1) is 18.7 Å². The van der Waals surface area contributed by atoms with Crippen LogP contribution in [0.3, 0.4) is 0 Å². The van der Waals surface area contributed by atoms with E-state index in [-0.39, 0.29) is 24.2 Å². The molecule has 1 atom stereocenters. The van der Waals surface area contributed by atoms with Gasteiger partial charge in [0.2, 0.25) is 5.91 Å². The number of carbonyl (C=O) groups excluding carboxylic acids is 1. The molecule has 1 aromatic heterocycles. The van der Waals surface area contributed by atoms with Crippen LogP contribution >= 0.6 is 0 Å². The lowest BCUT2D eigenvalue weighted by atomic mass is 10.1. The Morgan fingerprint density at radius 1 is 1.15 bits per heavy atom. The summed E-state index contributed by atoms with van der Waals surface area (Å²) in [5, 5.41) is 4.38. The van der Waals surface area contributed by atoms with E-state index < -0.39 is 0 Å². The van der Waals surface area contributed by atoms with Crippen molar-refractivity contribution in [2.24, 2.45) is 0 Å². The molecule has 0 saturated carbocycles. The molecule has 2 aliphatic rings. The lowest BCUT2D eigenvalue weighted by Crippen LogP contribution is -2.46. The van der Waals surface area contributed by atoms with Crippen molar-refractivity contribution in [3.63, 3.8) is 0 Å². The third-order valence-corrected chi connectivity index (χ3v) is 5.54. The van der Waals surface area contributed by atoms with Crippen LogP contribution in [0.1, 0.15) is 30.5 Å². The molecule has 26 heavy (non-hydrogen) atoms. The molecule has 6 heteroatoms. The van der Waals surface area contributed by atoms with Gasteiger partial charge in [0.15, 0.2) is 0 Å². The first-order valence-electron chi connectivity index (χ1n) is 9.46. The minimum atomic E-state index is -0.309. The summed E-state index contributed by atoms with van der Waals surface area (Å²) in [5.41, 5.74) is 1.52. The van der Waals surface area contributed by atoms with Crippen LogP contribution in [0.5, 0.6) is 0 Å². The number of likely N-dealkylation sites (tertiary alicyclic amines) is 1. The number of nitrogens with zero attached hydrogens (tertiary/aromatic N) is 4. The van der Waals surface area contributed by atoms with Crippen LogP contribution in [-0.4, -0.2) is 51.2 Å². The Morgan fingerprint density at radius 2 is 1.96 bits per heavy atom. The Bertz CT molecular complexity index is 769. The zero-order chi connectivity index (χ0) is 17.9. The van der Waals surface area contributed by atoms with Crippen LogP contribution in [0.15, 0.2) is 36.5 Å². The SMILES string of the molecule is O=C(Cc1ccccc1F)N1Cc2ccnn2CC[C@H]1CN1CCCC1. The molecule has 2 aromatic rings. The number of hydrogen-bond donors (Lipinski definition) is 0. The van der Waals surface area contributed by atoms with Crippen molar-refractivity contribution in [1.29, 1.82) is 0 Å². The number of carbonyl (C=O) groups is 1. The number of amides is 1. The van der Waals surface area contributed by atoms with Crippen molar-refractivity contribution in [3.8, 4) is 0 Å². The van der Waals surface area contributed by atoms with E-state index in [0.29, 0.717) is 12.1 Å². The smallest absolute Gasteiger partial charge is 0.227 e. The summed E-state index contributed by atoms with van der Waals surface area (Å²) in [5.74, 6) is -0.314. The van der Waals surface area contributed by atoms with E-state index in [1.54, 1.807) is 24.4 Å². The fourth-order valence-electron chi connectivity index (χ4n) is 4.08. The van der Waals surface area contributed by atoms with Gasteiger partial charge in [-0.25, -0.2) is 4.39 Å². The fourth-order valence-corrected chi connectivity index (χ4v) is 4.08. The number of benzene rings is 1. The van der Waals surface area contributed by atoms with E-state index in [1.165, 1.54) is 18.9 Å². The first kappa shape index (κ1) is 17.2. The molecule has 5 nitrogen and oxygen atoms in total. The molecule has 0 aliphatic carbocycles. The monoisotopic (exact) mass is 356 g/mol. The average Bonchev–Trinajstić information content (AvgIpc) is 3.27. The molecule has 0 spiro atoms. The van der Waals surface area contributed by atoms with E-state index in [2.05, 4.69) is 10.00 Å². The molecule has 138 valence electrons. The number of fused-ring (bicyclic) bond motifs is 1. The van der Waals surface area contributed by atoms with Gasteiger partial charge in [-0.2, -0.15) is 5.10 Å². The second-order valence-corrected chi connectivity index (χ2v) is 7.29. The van der Waals surface area contributed by atoms with Crippen LogP contribution in [0.25, 0.3) is 0 Å². The number of aryl methyl sites for hydroxylation is 1. The largest absolute Gasteiger partial charge is 0.332 e. The first-order chi connectivity index (χ1) is 12.7. The van der Waals surface area contributed by atoms with Crippen molar-refractivity contribution in [2.45, 2.75) is 44.8 Å². The summed E-state index contributed by atoms with van der Waals surface area (Å²) in [7, 11) is 0. The second-order valence-electron chi connectivity index (χ2n) is 7.29. The minimum Gasteiger partial charge on any atom is -0.332 e. The predicted molar refractivity (Wildman–Crippen MR) is 97.0 cm³/mol. The molecule has 1 fully saturated rings. The van der Waals surface area contributed by atoms with Crippen LogP contribution in [-0.2, 0) is 24.3 Å². The Morgan fingerprint density at radius 3 is 2.77 bits per heavy atom. The molecular weight excluding hydrogens is 331 g/mol. The molecule has 0 N–H and O–H groups in total. The topological polar surface area (TPSA) is 41.4 Å². The summed E-state index contributed by atoms with van der Waals surface area (Å²) in [6.45, 7) is 4.48. The average molecular weight is 356 g/mol. The zero-order valence-electron chi connectivity index (χ0n) is 15.0. The lowest BCUT2D eigenvalue weighted by Gasteiger charge is -2.33. The summed E-state index contributed by atoms with van der Waals surface area (Å²) >= 11 is 0. The van der Waals surface area contributed by atoms with Crippen LogP contribution in [0, 0.1) is 5.82 Å². The van der Waals surface area contributed by atoms with Gasteiger partial charge in [-0.1, -0.05) is 18.2 Å². The van der Waals surface area contributed by atoms with Gasteiger partial charge in [0, 0.05) is 25.3 Å². The molecular formula is C20H25FN4O. The Balaban J connectivity index is 1.55. The van der Waals surface area contributed by atoms with Gasteiger partial charge in [0.25, 0.3) is 0 Å². The Labute approximate surface area is 153 Å². The molecule has 1 aromatic carbocycles. The highest BCUT2D eigenvalue weighted by Crippen LogP contribution is 2.21. The van der Waals surface area contributed by atoms with Crippen LogP contribution in [0.2, 0.25) is 0 Å². The first-order valence-corrected chi connectivity index (χ1v) is 9.46. The Kier molecular flexibility index (Phi) is 5.02. The third kappa shape index (κ3) is 3.65. The summed E-state index contributed by atoms with van der Waals surface area (Å²) in [6.07, 6.45) is 5.25. The van der Waals surface area contributed by atoms with E-state index in [9.17, 15) is 9.18 Å². The molecule has 0 unspecified atom stereocenters. The van der Waals surface area contributed by atoms with Crippen LogP contribution in [0.4, 0.5) is 4.39 Å². The number of hydrogen-bond acceptors (Lipinski definition) is 3. The van der Waals surface area contributed by atoms with Gasteiger partial charge in [-0.3, -0.25) is 9.48 Å². The number of rotatable bonds is 4. The van der Waals surface area contributed by atoms with Crippen molar-refractivity contribution < 1.29 is 9.18 Å². The molecule has 1 amide bonds. The van der Waals surface area contributed by atoms with E-state index >= 15 is 0 Å². The lowest BCUT2D eigenvalue weighted by molar-refractivity contribution is -0.134. The maximum Gasteiger partial charge on any atom is 0.227 e. The highest BCUT2D eigenvalue weighted by atomic mass is 19.1. The standard InChI is InChI=1S/C20H25FN4O/c21-19-6-2-1-5-16(19)13-20(26)24-15-18-7-9-22-25(18)12-8-17(24)14-23-10-3-4-11-23/h1-2,5-7,9,17H,3-4,8,10-15H2/t17-/m0/s1. The number of halogens is 1. The normalized spacial score (nSPS) is 20.8. The van der Waals surface area contributed by atoms with Crippen molar-refractivity contribution in [3.05, 3.63) is 53.6 Å². The third-order valence-electron chi connectivity index (χ3n) is 5.54. The quantitative estimate of drug-likeness (QED) is 0.845. The molecule has 3 heterocycles. The maximum absolute atomic E-state index is 14.0. The van der Waals surface area contributed by atoms with E-state index in [1.807, 2.05) is 15.6 Å². The molecule has 2 aliphatic heterocycles. The minimum absolute atomic E-state index is 0.00560. The van der Waals surface area contributed by atoms with Gasteiger partial charge in [0.1, 0.15) is 5.82 Å². The zero-order valence-corrected chi connectivity index (χ0v) is 15.0. The van der Waals surface area contributed by atoms with Crippen LogP contribution < -0.4 is 0 Å². The molecule has 1 saturated heterocycles. The Hall–Kier alpha value is -2.21. The maximum atomic E-state index is 14.0. The molecule has 0 radical (unpaired) electrons. The van der Waals surface area contributed by atoms with Crippen molar-refractivity contribution in [2.75, 3.05) is 19.6 Å². The molecule has 4 rings (SSSR count).